The van der Waals surface area contributed by atoms with E-state index in [-0.39, 0.29) is 11.9 Å². The highest BCUT2D eigenvalue weighted by molar-refractivity contribution is 9.10. The van der Waals surface area contributed by atoms with Crippen LogP contribution in [0.4, 0.5) is 0 Å². The van der Waals surface area contributed by atoms with Crippen molar-refractivity contribution in [3.8, 4) is 5.75 Å². The Hall–Kier alpha value is -1.07. The third-order valence-electron chi connectivity index (χ3n) is 2.91. The molecular weight excluding hydrogens is 284 g/mol. The number of carbonyl (C=O) groups is 1. The van der Waals surface area contributed by atoms with Crippen molar-refractivity contribution in [1.29, 1.82) is 0 Å². The molecule has 0 saturated carbocycles. The summed E-state index contributed by atoms with van der Waals surface area (Å²) in [5.41, 5.74) is 6.45. The van der Waals surface area contributed by atoms with Gasteiger partial charge in [0.25, 0.3) is 5.91 Å². The molecular formula is C12H15BrN2O2. The van der Waals surface area contributed by atoms with Crippen molar-refractivity contribution in [2.75, 3.05) is 20.2 Å². The van der Waals surface area contributed by atoms with Gasteiger partial charge in [0, 0.05) is 24.7 Å². The highest BCUT2D eigenvalue weighted by atomic mass is 79.9. The number of amides is 1. The molecule has 1 saturated heterocycles. The third kappa shape index (κ3) is 2.61. The van der Waals surface area contributed by atoms with E-state index in [4.69, 9.17) is 10.5 Å². The smallest absolute Gasteiger partial charge is 0.253 e. The molecule has 0 aliphatic carbocycles. The number of nitrogens with two attached hydrogens (primary N) is 1. The molecule has 1 aliphatic rings. The largest absolute Gasteiger partial charge is 0.496 e. The molecule has 1 atom stereocenters. The minimum absolute atomic E-state index is 0.0290. The van der Waals surface area contributed by atoms with Gasteiger partial charge in [0.05, 0.1) is 11.6 Å². The minimum atomic E-state index is 0.0290. The average Bonchev–Trinajstić information content (AvgIpc) is 2.75. The van der Waals surface area contributed by atoms with Crippen LogP contribution < -0.4 is 10.5 Å². The standard InChI is InChI=1S/C12H15BrN2O2/c1-17-11-3-2-8(6-10(11)13)12(16)15-5-4-9(14)7-15/h2-3,6,9H,4-5,7,14H2,1H3/t9-/m0/s1. The van der Waals surface area contributed by atoms with E-state index < -0.39 is 0 Å². The van der Waals surface area contributed by atoms with Gasteiger partial charge in [-0.05, 0) is 40.5 Å². The first-order valence-corrected chi connectivity index (χ1v) is 6.29. The molecule has 1 aliphatic heterocycles. The Balaban J connectivity index is 2.17. The van der Waals surface area contributed by atoms with Gasteiger partial charge in [-0.3, -0.25) is 4.79 Å². The zero-order valence-electron chi connectivity index (χ0n) is 9.65. The van der Waals surface area contributed by atoms with Crippen LogP contribution in [-0.2, 0) is 0 Å². The van der Waals surface area contributed by atoms with E-state index in [0.717, 1.165) is 23.2 Å². The van der Waals surface area contributed by atoms with Gasteiger partial charge in [-0.15, -0.1) is 0 Å². The zero-order valence-corrected chi connectivity index (χ0v) is 11.2. The van der Waals surface area contributed by atoms with Crippen molar-refractivity contribution in [2.45, 2.75) is 12.5 Å². The molecule has 1 heterocycles. The maximum atomic E-state index is 12.2. The van der Waals surface area contributed by atoms with Crippen molar-refractivity contribution in [3.05, 3.63) is 28.2 Å². The normalized spacial score (nSPS) is 19.5. The molecule has 2 rings (SSSR count). The lowest BCUT2D eigenvalue weighted by Crippen LogP contribution is -2.31. The van der Waals surface area contributed by atoms with Gasteiger partial charge < -0.3 is 15.4 Å². The van der Waals surface area contributed by atoms with E-state index in [1.807, 2.05) is 0 Å². The Morgan fingerprint density at radius 3 is 2.88 bits per heavy atom. The quantitative estimate of drug-likeness (QED) is 0.903. The molecule has 4 nitrogen and oxygen atoms in total. The van der Waals surface area contributed by atoms with Gasteiger partial charge in [0.1, 0.15) is 5.75 Å². The second-order valence-corrected chi connectivity index (χ2v) is 5.00. The van der Waals surface area contributed by atoms with Crippen LogP contribution in [0.2, 0.25) is 0 Å². The Kier molecular flexibility index (Phi) is 3.69. The zero-order chi connectivity index (χ0) is 12.4. The molecule has 1 fully saturated rings. The molecule has 0 radical (unpaired) electrons. The fraction of sp³-hybridized carbons (Fsp3) is 0.417. The van der Waals surface area contributed by atoms with Crippen molar-refractivity contribution in [2.24, 2.45) is 5.73 Å². The lowest BCUT2D eigenvalue weighted by atomic mass is 10.2. The summed E-state index contributed by atoms with van der Waals surface area (Å²) in [4.78, 5) is 13.9. The molecule has 17 heavy (non-hydrogen) atoms. The van der Waals surface area contributed by atoms with Crippen LogP contribution in [0.5, 0.6) is 5.75 Å². The monoisotopic (exact) mass is 298 g/mol. The molecule has 0 bridgehead atoms. The highest BCUT2D eigenvalue weighted by Crippen LogP contribution is 2.26. The van der Waals surface area contributed by atoms with Crippen LogP contribution in [0.3, 0.4) is 0 Å². The topological polar surface area (TPSA) is 55.6 Å². The average molecular weight is 299 g/mol. The SMILES string of the molecule is COc1ccc(C(=O)N2CC[C@H](N)C2)cc1Br. The van der Waals surface area contributed by atoms with Crippen LogP contribution in [0.25, 0.3) is 0 Å². The number of methoxy groups -OCH3 is 1. The summed E-state index contributed by atoms with van der Waals surface area (Å²) in [5.74, 6) is 0.751. The first-order chi connectivity index (χ1) is 8.11. The molecule has 92 valence electrons. The van der Waals surface area contributed by atoms with E-state index in [0.29, 0.717) is 12.1 Å². The predicted octanol–water partition coefficient (Wildman–Crippen LogP) is 1.63. The van der Waals surface area contributed by atoms with Gasteiger partial charge in [-0.25, -0.2) is 0 Å². The van der Waals surface area contributed by atoms with E-state index in [1.54, 1.807) is 30.2 Å². The molecule has 2 N–H and O–H groups in total. The summed E-state index contributed by atoms with van der Waals surface area (Å²) < 4.78 is 5.92. The molecule has 5 heteroatoms. The number of hydrogen-bond donors (Lipinski definition) is 1. The van der Waals surface area contributed by atoms with E-state index in [2.05, 4.69) is 15.9 Å². The lowest BCUT2D eigenvalue weighted by molar-refractivity contribution is 0.0791. The third-order valence-corrected chi connectivity index (χ3v) is 3.53. The Morgan fingerprint density at radius 1 is 1.59 bits per heavy atom. The maximum Gasteiger partial charge on any atom is 0.253 e. The fourth-order valence-electron chi connectivity index (χ4n) is 1.95. The fourth-order valence-corrected chi connectivity index (χ4v) is 2.49. The lowest BCUT2D eigenvalue weighted by Gasteiger charge is -2.16. The van der Waals surface area contributed by atoms with E-state index in [1.165, 1.54) is 0 Å². The van der Waals surface area contributed by atoms with Gasteiger partial charge in [0.15, 0.2) is 0 Å². The summed E-state index contributed by atoms with van der Waals surface area (Å²) in [6.45, 7) is 1.38. The summed E-state index contributed by atoms with van der Waals surface area (Å²) in [6, 6.07) is 5.45. The van der Waals surface area contributed by atoms with Crippen LogP contribution in [-0.4, -0.2) is 37.0 Å². The Labute approximate surface area is 109 Å². The van der Waals surface area contributed by atoms with E-state index in [9.17, 15) is 4.79 Å². The summed E-state index contributed by atoms with van der Waals surface area (Å²) in [7, 11) is 1.60. The van der Waals surface area contributed by atoms with E-state index >= 15 is 0 Å². The van der Waals surface area contributed by atoms with Crippen molar-refractivity contribution >= 4 is 21.8 Å². The summed E-state index contributed by atoms with van der Waals surface area (Å²) in [5, 5.41) is 0. The highest BCUT2D eigenvalue weighted by Gasteiger charge is 2.24. The van der Waals surface area contributed by atoms with Crippen LogP contribution >= 0.6 is 15.9 Å². The number of hydrogen-bond acceptors (Lipinski definition) is 3. The number of ether oxygens (including phenoxy) is 1. The van der Waals surface area contributed by atoms with Crippen molar-refractivity contribution in [1.82, 2.24) is 4.90 Å². The van der Waals surface area contributed by atoms with Crippen LogP contribution in [0.1, 0.15) is 16.8 Å². The molecule has 0 aromatic heterocycles. The first-order valence-electron chi connectivity index (χ1n) is 5.50. The first kappa shape index (κ1) is 12.4. The van der Waals surface area contributed by atoms with Crippen molar-refractivity contribution in [3.63, 3.8) is 0 Å². The van der Waals surface area contributed by atoms with Crippen molar-refractivity contribution < 1.29 is 9.53 Å². The van der Waals surface area contributed by atoms with Gasteiger partial charge in [-0.1, -0.05) is 0 Å². The number of nitrogens with zero attached hydrogens (tertiary/aromatic N) is 1. The Bertz CT molecular complexity index is 437. The van der Waals surface area contributed by atoms with Gasteiger partial charge in [0.2, 0.25) is 0 Å². The second kappa shape index (κ2) is 5.06. The molecule has 1 aromatic carbocycles. The number of carbonyl (C=O) groups excluding carboxylic acids is 1. The van der Waals surface area contributed by atoms with Gasteiger partial charge >= 0.3 is 0 Å². The molecule has 0 unspecified atom stereocenters. The number of benzene rings is 1. The number of halogens is 1. The predicted molar refractivity (Wildman–Crippen MR) is 69.2 cm³/mol. The summed E-state index contributed by atoms with van der Waals surface area (Å²) in [6.07, 6.45) is 0.878. The molecule has 0 spiro atoms. The molecule has 1 aromatic rings. The van der Waals surface area contributed by atoms with Crippen LogP contribution in [0.15, 0.2) is 22.7 Å². The van der Waals surface area contributed by atoms with Gasteiger partial charge in [-0.2, -0.15) is 0 Å². The number of likely N-dealkylation sites (tertiary alicyclic amines) is 1. The second-order valence-electron chi connectivity index (χ2n) is 4.15. The number of rotatable bonds is 2. The summed E-state index contributed by atoms with van der Waals surface area (Å²) >= 11 is 3.38. The minimum Gasteiger partial charge on any atom is -0.496 e. The van der Waals surface area contributed by atoms with Crippen LogP contribution in [0, 0.1) is 0 Å². The molecule has 1 amide bonds. The Morgan fingerprint density at radius 2 is 2.35 bits per heavy atom. The maximum absolute atomic E-state index is 12.2.